The Morgan fingerprint density at radius 1 is 1.04 bits per heavy atom. The molecule has 4 aromatic rings. The molecule has 0 aliphatic carbocycles. The van der Waals surface area contributed by atoms with Crippen LogP contribution in [0.25, 0.3) is 27.6 Å². The quantitative estimate of drug-likeness (QED) is 0.405. The highest BCUT2D eigenvalue weighted by atomic mass is 16.6. The van der Waals surface area contributed by atoms with E-state index in [1.165, 1.54) is 18.2 Å². The van der Waals surface area contributed by atoms with Crippen molar-refractivity contribution in [3.05, 3.63) is 80.3 Å². The molecule has 0 fully saturated rings. The summed E-state index contributed by atoms with van der Waals surface area (Å²) in [6.45, 7) is 3.77. The lowest BCUT2D eigenvalue weighted by Gasteiger charge is -2.17. The van der Waals surface area contributed by atoms with Gasteiger partial charge in [-0.3, -0.25) is 14.9 Å². The highest BCUT2D eigenvalue weighted by Crippen LogP contribution is 2.31. The minimum Gasteiger partial charge on any atom is -0.461 e. The Kier molecular flexibility index (Phi) is 3.21. The van der Waals surface area contributed by atoms with E-state index in [1.54, 1.807) is 18.2 Å². The number of pyridine rings is 1. The molecule has 2 aromatic carbocycles. The second kappa shape index (κ2) is 5.31. The maximum Gasteiger partial charge on any atom is 0.269 e. The minimum absolute atomic E-state index is 0.0446. The standard InChI is InChI=1S/C19H14N2O4/c1-11-7-13-9-16(22)10-18-19(13)17(8-12(2)25-18)20(11)14-3-5-15(6-4-14)21(23)24/h3-10H,1-2H3. The Bertz CT molecular complexity index is 1180. The third-order valence-electron chi connectivity index (χ3n) is 4.25. The van der Waals surface area contributed by atoms with Crippen molar-refractivity contribution in [2.24, 2.45) is 0 Å². The van der Waals surface area contributed by atoms with Gasteiger partial charge in [-0.2, -0.15) is 0 Å². The van der Waals surface area contributed by atoms with Crippen LogP contribution < -0.4 is 5.43 Å². The van der Waals surface area contributed by atoms with Gasteiger partial charge in [-0.05, 0) is 43.5 Å². The van der Waals surface area contributed by atoms with Crippen LogP contribution in [0.15, 0.2) is 57.7 Å². The molecular weight excluding hydrogens is 320 g/mol. The summed E-state index contributed by atoms with van der Waals surface area (Å²) in [6, 6.07) is 13.3. The van der Waals surface area contributed by atoms with Crippen molar-refractivity contribution < 1.29 is 9.34 Å². The molecule has 0 radical (unpaired) electrons. The van der Waals surface area contributed by atoms with Gasteiger partial charge in [0.15, 0.2) is 5.43 Å². The molecule has 0 aliphatic heterocycles. The van der Waals surface area contributed by atoms with Crippen molar-refractivity contribution in [3.8, 4) is 5.69 Å². The first-order valence-corrected chi connectivity index (χ1v) is 7.75. The summed E-state index contributed by atoms with van der Waals surface area (Å²) in [5.41, 5.74) is 3.09. The van der Waals surface area contributed by atoms with Gasteiger partial charge in [0.05, 0.1) is 10.4 Å². The Balaban J connectivity index is 2.11. The number of rotatable bonds is 2. The van der Waals surface area contributed by atoms with Crippen molar-refractivity contribution in [1.82, 2.24) is 4.57 Å². The number of nitro benzene ring substituents is 1. The van der Waals surface area contributed by atoms with Gasteiger partial charge < -0.3 is 8.98 Å². The van der Waals surface area contributed by atoms with Crippen LogP contribution in [0.1, 0.15) is 11.5 Å². The van der Waals surface area contributed by atoms with E-state index < -0.39 is 4.92 Å². The summed E-state index contributed by atoms with van der Waals surface area (Å²) >= 11 is 0. The number of nitrogens with zero attached hydrogens (tertiary/aromatic N) is 2. The summed E-state index contributed by atoms with van der Waals surface area (Å²) in [5, 5.41) is 12.6. The maximum atomic E-state index is 11.9. The summed E-state index contributed by atoms with van der Waals surface area (Å²) in [6.07, 6.45) is 0. The fourth-order valence-corrected chi connectivity index (χ4v) is 3.27. The lowest BCUT2D eigenvalue weighted by molar-refractivity contribution is -0.384. The van der Waals surface area contributed by atoms with Crippen LogP contribution >= 0.6 is 0 Å². The molecule has 2 aromatic heterocycles. The van der Waals surface area contributed by atoms with E-state index in [2.05, 4.69) is 0 Å². The van der Waals surface area contributed by atoms with Crippen LogP contribution in [0.4, 0.5) is 5.69 Å². The molecule has 124 valence electrons. The molecule has 0 unspecified atom stereocenters. The molecule has 0 saturated carbocycles. The number of hydrogen-bond donors (Lipinski definition) is 0. The van der Waals surface area contributed by atoms with E-state index in [1.807, 2.05) is 30.5 Å². The second-order valence-corrected chi connectivity index (χ2v) is 6.02. The summed E-state index contributed by atoms with van der Waals surface area (Å²) in [5.74, 6) is 0.681. The van der Waals surface area contributed by atoms with Gasteiger partial charge >= 0.3 is 0 Å². The summed E-state index contributed by atoms with van der Waals surface area (Å²) in [4.78, 5) is 22.4. The van der Waals surface area contributed by atoms with E-state index in [4.69, 9.17) is 4.42 Å². The SMILES string of the molecule is Cc1cc2c3c(cc(C)n2-c2ccc([N+](=O)[O-])cc2)cc(=O)cc3o1. The zero-order valence-electron chi connectivity index (χ0n) is 13.6. The Labute approximate surface area is 142 Å². The smallest absolute Gasteiger partial charge is 0.269 e. The average Bonchev–Trinajstić information content (AvgIpc) is 2.54. The van der Waals surface area contributed by atoms with Crippen molar-refractivity contribution in [2.75, 3.05) is 0 Å². The molecule has 0 amide bonds. The van der Waals surface area contributed by atoms with Crippen LogP contribution in [-0.4, -0.2) is 9.49 Å². The lowest BCUT2D eigenvalue weighted by Crippen LogP contribution is -2.05. The van der Waals surface area contributed by atoms with E-state index in [9.17, 15) is 14.9 Å². The predicted molar refractivity (Wildman–Crippen MR) is 95.4 cm³/mol. The van der Waals surface area contributed by atoms with Gasteiger partial charge in [-0.25, -0.2) is 0 Å². The number of benzene rings is 2. The monoisotopic (exact) mass is 334 g/mol. The molecule has 4 rings (SSSR count). The number of hydrogen-bond acceptors (Lipinski definition) is 4. The normalized spacial score (nSPS) is 11.3. The Morgan fingerprint density at radius 3 is 2.44 bits per heavy atom. The average molecular weight is 334 g/mol. The molecule has 0 aliphatic rings. The highest BCUT2D eigenvalue weighted by molar-refractivity contribution is 6.06. The van der Waals surface area contributed by atoms with Gasteiger partial charge in [-0.1, -0.05) is 0 Å². The first-order valence-electron chi connectivity index (χ1n) is 7.75. The maximum absolute atomic E-state index is 11.9. The fourth-order valence-electron chi connectivity index (χ4n) is 3.27. The summed E-state index contributed by atoms with van der Waals surface area (Å²) < 4.78 is 7.73. The van der Waals surface area contributed by atoms with Gasteiger partial charge in [0.2, 0.25) is 0 Å². The molecule has 0 N–H and O–H groups in total. The van der Waals surface area contributed by atoms with Gasteiger partial charge in [0, 0.05) is 41.0 Å². The number of nitro groups is 1. The molecule has 0 bridgehead atoms. The molecule has 2 heterocycles. The van der Waals surface area contributed by atoms with E-state index in [0.717, 1.165) is 27.7 Å². The first kappa shape index (κ1) is 15.1. The lowest BCUT2D eigenvalue weighted by atomic mass is 10.1. The highest BCUT2D eigenvalue weighted by Gasteiger charge is 2.14. The molecule has 6 nitrogen and oxygen atoms in total. The topological polar surface area (TPSA) is 78.3 Å². The summed E-state index contributed by atoms with van der Waals surface area (Å²) in [7, 11) is 0. The van der Waals surface area contributed by atoms with E-state index in [0.29, 0.717) is 11.3 Å². The molecule has 0 atom stereocenters. The minimum atomic E-state index is -0.419. The number of aromatic nitrogens is 1. The zero-order valence-corrected chi connectivity index (χ0v) is 13.6. The third-order valence-corrected chi connectivity index (χ3v) is 4.25. The molecule has 6 heteroatoms. The van der Waals surface area contributed by atoms with Crippen molar-refractivity contribution in [3.63, 3.8) is 0 Å². The van der Waals surface area contributed by atoms with E-state index >= 15 is 0 Å². The Hall–Kier alpha value is -3.41. The Morgan fingerprint density at radius 2 is 1.76 bits per heavy atom. The molecule has 0 saturated heterocycles. The van der Waals surface area contributed by atoms with Crippen molar-refractivity contribution >= 4 is 27.6 Å². The van der Waals surface area contributed by atoms with Crippen LogP contribution in [0.5, 0.6) is 0 Å². The van der Waals surface area contributed by atoms with Crippen LogP contribution in [-0.2, 0) is 0 Å². The molecule has 0 spiro atoms. The van der Waals surface area contributed by atoms with Gasteiger partial charge in [0.1, 0.15) is 11.3 Å². The first-order chi connectivity index (χ1) is 11.9. The number of non-ortho nitro benzene ring substituents is 1. The largest absolute Gasteiger partial charge is 0.461 e. The van der Waals surface area contributed by atoms with Crippen molar-refractivity contribution in [1.29, 1.82) is 0 Å². The second-order valence-electron chi connectivity index (χ2n) is 6.02. The van der Waals surface area contributed by atoms with Crippen molar-refractivity contribution in [2.45, 2.75) is 13.8 Å². The van der Waals surface area contributed by atoms with Crippen LogP contribution in [0.3, 0.4) is 0 Å². The zero-order chi connectivity index (χ0) is 17.7. The van der Waals surface area contributed by atoms with Crippen LogP contribution in [0.2, 0.25) is 0 Å². The van der Waals surface area contributed by atoms with E-state index in [-0.39, 0.29) is 11.1 Å². The predicted octanol–water partition coefficient (Wildman–Crippen LogP) is 4.26. The van der Waals surface area contributed by atoms with Crippen LogP contribution in [0, 0.1) is 24.0 Å². The third kappa shape index (κ3) is 2.39. The molecule has 25 heavy (non-hydrogen) atoms. The number of aryl methyl sites for hydroxylation is 2. The fraction of sp³-hybridized carbons (Fsp3) is 0.105. The molecular formula is C19H14N2O4. The van der Waals surface area contributed by atoms with Gasteiger partial charge in [-0.15, -0.1) is 0 Å². The van der Waals surface area contributed by atoms with Gasteiger partial charge in [0.25, 0.3) is 5.69 Å².